The van der Waals surface area contributed by atoms with Gasteiger partial charge in [0.15, 0.2) is 11.7 Å². The fourth-order valence-electron chi connectivity index (χ4n) is 1.30. The number of aliphatic imine (C=N–C) groups is 1. The van der Waals surface area contributed by atoms with Crippen LogP contribution in [0.25, 0.3) is 11.5 Å². The van der Waals surface area contributed by atoms with Crippen molar-refractivity contribution in [2.75, 3.05) is 0 Å². The summed E-state index contributed by atoms with van der Waals surface area (Å²) in [4.78, 5) is 18.5. The number of hydrogen-bond donors (Lipinski definition) is 2. The first-order chi connectivity index (χ1) is 8.58. The molecule has 7 heteroatoms. The van der Waals surface area contributed by atoms with E-state index in [9.17, 15) is 9.18 Å². The number of halogens is 1. The lowest BCUT2D eigenvalue weighted by molar-refractivity contribution is 0.0998. The molecule has 0 saturated carbocycles. The van der Waals surface area contributed by atoms with Crippen LogP contribution in [-0.4, -0.2) is 16.9 Å². The number of carbonyl (C=O) groups excluding carboxylic acids is 1. The second-order valence-electron chi connectivity index (χ2n) is 3.36. The Morgan fingerprint density at radius 1 is 1.33 bits per heavy atom. The summed E-state index contributed by atoms with van der Waals surface area (Å²) in [7, 11) is 0. The summed E-state index contributed by atoms with van der Waals surface area (Å²) in [6, 6.07) is 5.90. The van der Waals surface area contributed by atoms with Crippen molar-refractivity contribution < 1.29 is 13.6 Å². The molecule has 1 amide bonds. The molecule has 0 unspecified atom stereocenters. The summed E-state index contributed by atoms with van der Waals surface area (Å²) < 4.78 is 18.5. The van der Waals surface area contributed by atoms with Crippen LogP contribution in [0.5, 0.6) is 0 Å². The van der Waals surface area contributed by atoms with Crippen molar-refractivity contribution >= 4 is 11.9 Å². The average molecular weight is 248 g/mol. The van der Waals surface area contributed by atoms with E-state index >= 15 is 0 Å². The lowest BCUT2D eigenvalue weighted by atomic mass is 10.2. The van der Waals surface area contributed by atoms with Crippen LogP contribution >= 0.6 is 0 Å². The van der Waals surface area contributed by atoms with Gasteiger partial charge in [0, 0.05) is 0 Å². The van der Waals surface area contributed by atoms with Gasteiger partial charge in [-0.25, -0.2) is 9.37 Å². The number of hydrogen-bond acceptors (Lipinski definition) is 3. The highest BCUT2D eigenvalue weighted by molar-refractivity contribution is 6.00. The van der Waals surface area contributed by atoms with Gasteiger partial charge in [0.25, 0.3) is 0 Å². The minimum Gasteiger partial charge on any atom is -0.444 e. The number of amides is 1. The van der Waals surface area contributed by atoms with Crippen LogP contribution < -0.4 is 11.5 Å². The van der Waals surface area contributed by atoms with E-state index in [1.807, 2.05) is 0 Å². The second-order valence-corrected chi connectivity index (χ2v) is 3.36. The molecule has 1 aromatic carbocycles. The van der Waals surface area contributed by atoms with Gasteiger partial charge in [0.1, 0.15) is 12.1 Å². The Morgan fingerprint density at radius 2 is 2.06 bits per heavy atom. The Labute approximate surface area is 101 Å². The number of carbonyl (C=O) groups is 1. The van der Waals surface area contributed by atoms with Crippen LogP contribution in [0, 0.1) is 5.82 Å². The first kappa shape index (κ1) is 11.8. The van der Waals surface area contributed by atoms with Crippen molar-refractivity contribution in [2.24, 2.45) is 16.5 Å². The van der Waals surface area contributed by atoms with Crippen LogP contribution in [0.4, 0.5) is 4.39 Å². The van der Waals surface area contributed by atoms with E-state index in [0.29, 0.717) is 0 Å². The highest BCUT2D eigenvalue weighted by Crippen LogP contribution is 2.21. The molecule has 18 heavy (non-hydrogen) atoms. The topological polar surface area (TPSA) is 108 Å². The quantitative estimate of drug-likeness (QED) is 0.606. The van der Waals surface area contributed by atoms with E-state index in [0.717, 1.165) is 6.26 Å². The molecule has 0 fully saturated rings. The molecule has 0 bridgehead atoms. The summed E-state index contributed by atoms with van der Waals surface area (Å²) in [5.74, 6) is -1.64. The van der Waals surface area contributed by atoms with Crippen LogP contribution in [0.3, 0.4) is 0 Å². The van der Waals surface area contributed by atoms with Crippen molar-refractivity contribution in [2.45, 2.75) is 0 Å². The highest BCUT2D eigenvalue weighted by atomic mass is 19.1. The molecule has 1 aromatic heterocycles. The number of rotatable bonds is 2. The van der Waals surface area contributed by atoms with E-state index in [-0.39, 0.29) is 23.1 Å². The Bertz CT molecular complexity index is 617. The fourth-order valence-corrected chi connectivity index (χ4v) is 1.30. The number of benzene rings is 1. The van der Waals surface area contributed by atoms with Crippen LogP contribution in [0.1, 0.15) is 10.5 Å². The van der Waals surface area contributed by atoms with Crippen molar-refractivity contribution in [1.29, 1.82) is 0 Å². The summed E-state index contributed by atoms with van der Waals surface area (Å²) >= 11 is 0. The largest absolute Gasteiger partial charge is 0.444 e. The van der Waals surface area contributed by atoms with Gasteiger partial charge in [-0.15, -0.1) is 0 Å². The minimum absolute atomic E-state index is 0.0118. The van der Waals surface area contributed by atoms with Crippen LogP contribution in [0.15, 0.2) is 39.9 Å². The zero-order valence-corrected chi connectivity index (χ0v) is 9.13. The smallest absolute Gasteiger partial charge is 0.302 e. The molecule has 92 valence electrons. The molecule has 4 N–H and O–H groups in total. The van der Waals surface area contributed by atoms with Gasteiger partial charge in [-0.05, 0) is 12.1 Å². The summed E-state index contributed by atoms with van der Waals surface area (Å²) in [6.07, 6.45) is 1.07. The number of aromatic nitrogens is 1. The first-order valence-corrected chi connectivity index (χ1v) is 4.92. The number of oxazole rings is 1. The molecular formula is C11H9FN4O2. The van der Waals surface area contributed by atoms with Crippen molar-refractivity contribution in [3.05, 3.63) is 42.0 Å². The number of nitrogens with zero attached hydrogens (tertiary/aromatic N) is 2. The van der Waals surface area contributed by atoms with Gasteiger partial charge >= 0.3 is 5.91 Å². The first-order valence-electron chi connectivity index (χ1n) is 4.92. The molecule has 0 saturated heterocycles. The molecule has 0 atom stereocenters. The highest BCUT2D eigenvalue weighted by Gasteiger charge is 2.15. The molecule has 0 aliphatic heterocycles. The van der Waals surface area contributed by atoms with Crippen molar-refractivity contribution in [1.82, 2.24) is 4.98 Å². The minimum atomic E-state index is -0.749. The zero-order chi connectivity index (χ0) is 13.1. The van der Waals surface area contributed by atoms with Crippen LogP contribution in [0.2, 0.25) is 0 Å². The van der Waals surface area contributed by atoms with E-state index in [2.05, 4.69) is 9.98 Å². The van der Waals surface area contributed by atoms with Crippen molar-refractivity contribution in [3.8, 4) is 11.5 Å². The van der Waals surface area contributed by atoms with Gasteiger partial charge in [-0.2, -0.15) is 4.99 Å². The van der Waals surface area contributed by atoms with Gasteiger partial charge in [0.2, 0.25) is 5.89 Å². The van der Waals surface area contributed by atoms with E-state index in [4.69, 9.17) is 15.9 Å². The molecule has 2 rings (SSSR count). The predicted molar refractivity (Wildman–Crippen MR) is 62.0 cm³/mol. The summed E-state index contributed by atoms with van der Waals surface area (Å²) in [5.41, 5.74) is 10.2. The molecule has 1 heterocycles. The maximum absolute atomic E-state index is 13.4. The Kier molecular flexibility index (Phi) is 3.05. The third-order valence-corrected chi connectivity index (χ3v) is 2.06. The monoisotopic (exact) mass is 248 g/mol. The predicted octanol–water partition coefficient (Wildman–Crippen LogP) is 0.894. The zero-order valence-electron chi connectivity index (χ0n) is 9.13. The second kappa shape index (κ2) is 4.66. The van der Waals surface area contributed by atoms with E-state index in [1.165, 1.54) is 18.2 Å². The molecule has 0 radical (unpaired) electrons. The lowest BCUT2D eigenvalue weighted by Crippen LogP contribution is -2.24. The third-order valence-electron chi connectivity index (χ3n) is 2.06. The number of guanidine groups is 1. The van der Waals surface area contributed by atoms with Gasteiger partial charge < -0.3 is 15.9 Å². The average Bonchev–Trinajstić information content (AvgIpc) is 2.78. The summed E-state index contributed by atoms with van der Waals surface area (Å²) in [5, 5.41) is 0. The lowest BCUT2D eigenvalue weighted by Gasteiger charge is -1.95. The molecule has 6 nitrogen and oxygen atoms in total. The third kappa shape index (κ3) is 2.34. The molecular weight excluding hydrogens is 239 g/mol. The number of nitrogens with two attached hydrogens (primary N) is 2. The van der Waals surface area contributed by atoms with Crippen molar-refractivity contribution in [3.63, 3.8) is 0 Å². The molecule has 0 spiro atoms. The molecule has 0 aliphatic carbocycles. The van der Waals surface area contributed by atoms with Gasteiger partial charge in [0.05, 0.1) is 5.56 Å². The van der Waals surface area contributed by atoms with E-state index < -0.39 is 11.7 Å². The maximum atomic E-state index is 13.4. The maximum Gasteiger partial charge on any atom is 0.302 e. The molecule has 0 aliphatic rings. The Balaban J connectivity index is 2.35. The summed E-state index contributed by atoms with van der Waals surface area (Å²) in [6.45, 7) is 0. The fraction of sp³-hybridized carbons (Fsp3) is 0. The standard InChI is InChI=1S/C11H9FN4O2/c12-7-4-2-1-3-6(7)10-15-8(5-18-10)9(17)16-11(13)14/h1-5H,(H4,13,14,16,17). The SMILES string of the molecule is NC(N)=NC(=O)c1coc(-c2ccccc2F)n1. The van der Waals surface area contributed by atoms with E-state index in [1.54, 1.807) is 6.07 Å². The Morgan fingerprint density at radius 3 is 2.72 bits per heavy atom. The van der Waals surface area contributed by atoms with Gasteiger partial charge in [-0.1, -0.05) is 12.1 Å². The molecule has 2 aromatic rings. The van der Waals surface area contributed by atoms with Gasteiger partial charge in [-0.3, -0.25) is 4.79 Å². The normalized spacial score (nSPS) is 10.1. The van der Waals surface area contributed by atoms with Crippen LogP contribution in [-0.2, 0) is 0 Å². The Hall–Kier alpha value is -2.70.